The van der Waals surface area contributed by atoms with Crippen LogP contribution in [0.1, 0.15) is 70.2 Å². The molecule has 2 amide bonds. The summed E-state index contributed by atoms with van der Waals surface area (Å²) in [4.78, 5) is 47.4. The predicted molar refractivity (Wildman–Crippen MR) is 145 cm³/mol. The Morgan fingerprint density at radius 1 is 1.21 bits per heavy atom. The van der Waals surface area contributed by atoms with Crippen LogP contribution in [0.5, 0.6) is 0 Å². The molecule has 2 aliphatic rings. The molecular weight excluding hydrogens is 503 g/mol. The molecule has 3 N–H and O–H groups in total. The summed E-state index contributed by atoms with van der Waals surface area (Å²) in [5.41, 5.74) is 0.479. The van der Waals surface area contributed by atoms with Crippen molar-refractivity contribution in [2.75, 3.05) is 13.1 Å². The van der Waals surface area contributed by atoms with E-state index >= 15 is 0 Å². The summed E-state index contributed by atoms with van der Waals surface area (Å²) in [5, 5.41) is 13.0. The predicted octanol–water partition coefficient (Wildman–Crippen LogP) is 3.43. The van der Waals surface area contributed by atoms with E-state index in [-0.39, 0.29) is 36.9 Å². The zero-order valence-electron chi connectivity index (χ0n) is 23.4. The Balaban J connectivity index is 1.88. The molecule has 5 atom stereocenters. The monoisotopic (exact) mass is 544 g/mol. The highest BCUT2D eigenvalue weighted by Gasteiger charge is 2.40. The molecule has 3 heterocycles. The Bertz CT molecular complexity index is 1120. The number of aromatic nitrogens is 2. The van der Waals surface area contributed by atoms with Gasteiger partial charge in [-0.1, -0.05) is 57.6 Å². The highest BCUT2D eigenvalue weighted by Crippen LogP contribution is 2.31. The van der Waals surface area contributed by atoms with Crippen molar-refractivity contribution >= 4 is 17.8 Å². The van der Waals surface area contributed by atoms with Crippen molar-refractivity contribution in [3.05, 3.63) is 53.7 Å². The van der Waals surface area contributed by atoms with Crippen molar-refractivity contribution in [2.24, 2.45) is 11.3 Å². The molecule has 1 aromatic rings. The number of H-pyrrole nitrogens is 1. The number of ether oxygens (including phenoxy) is 1. The van der Waals surface area contributed by atoms with Gasteiger partial charge in [0.1, 0.15) is 29.8 Å². The van der Waals surface area contributed by atoms with Gasteiger partial charge in [0.15, 0.2) is 0 Å². The molecule has 0 aliphatic carbocycles. The van der Waals surface area contributed by atoms with E-state index in [0.29, 0.717) is 25.2 Å². The number of aromatic amines is 1. The third-order valence-electron chi connectivity index (χ3n) is 6.91. The summed E-state index contributed by atoms with van der Waals surface area (Å²) in [6.45, 7) is 10.2. The van der Waals surface area contributed by atoms with Gasteiger partial charge < -0.3 is 25.0 Å². The molecule has 0 spiro atoms. The highest BCUT2D eigenvalue weighted by molar-refractivity contribution is 5.95. The first kappa shape index (κ1) is 30.3. The summed E-state index contributed by atoms with van der Waals surface area (Å²) < 4.78 is 20.7. The molecule has 1 saturated heterocycles. The van der Waals surface area contributed by atoms with Crippen LogP contribution in [0, 0.1) is 11.3 Å². The third-order valence-corrected chi connectivity index (χ3v) is 6.91. The normalized spacial score (nSPS) is 29.3. The topological polar surface area (TPSA) is 125 Å². The third kappa shape index (κ3) is 8.61. The first-order valence-corrected chi connectivity index (χ1v) is 13.5. The van der Waals surface area contributed by atoms with Gasteiger partial charge in [0.25, 0.3) is 5.91 Å². The number of nitrogens with one attached hydrogen (secondary N) is 2. The van der Waals surface area contributed by atoms with E-state index in [1.54, 1.807) is 31.2 Å². The molecule has 0 aromatic carbocycles. The summed E-state index contributed by atoms with van der Waals surface area (Å²) >= 11 is 0. The van der Waals surface area contributed by atoms with Crippen molar-refractivity contribution in [1.82, 2.24) is 20.2 Å². The zero-order valence-corrected chi connectivity index (χ0v) is 23.4. The number of amides is 2. The van der Waals surface area contributed by atoms with Crippen LogP contribution < -0.4 is 5.32 Å². The molecule has 9 nitrogen and oxygen atoms in total. The number of aliphatic hydroxyl groups excluding tert-OH is 1. The van der Waals surface area contributed by atoms with Crippen LogP contribution in [0.25, 0.3) is 0 Å². The Kier molecular flexibility index (Phi) is 10.2. The van der Waals surface area contributed by atoms with Gasteiger partial charge in [-0.2, -0.15) is 0 Å². The second kappa shape index (κ2) is 13.2. The second-order valence-corrected chi connectivity index (χ2v) is 11.5. The highest BCUT2D eigenvalue weighted by atomic mass is 19.1. The maximum atomic E-state index is 14.7. The summed E-state index contributed by atoms with van der Waals surface area (Å²) in [5.74, 6) is -1.16. The number of rotatable bonds is 0. The molecule has 2 bridgehead atoms. The number of hydrogen-bond acceptors (Lipinski definition) is 6. The number of carbonyl (C=O) groups is 3. The number of aliphatic hydroxyl groups is 1. The molecule has 1 fully saturated rings. The summed E-state index contributed by atoms with van der Waals surface area (Å²) in [6, 6.07) is -0.749. The molecule has 39 heavy (non-hydrogen) atoms. The molecule has 1 aromatic heterocycles. The van der Waals surface area contributed by atoms with Crippen LogP contribution in [-0.2, 0) is 20.7 Å². The SMILES string of the molecule is CC1=CC(O)CC(F)Cc2ncc([nH]2)C(=O)N2CCCC2C(=O)OC(C(C)(C)C)C(C)/C=C/C(=O)NCC=C1. The molecule has 0 saturated carbocycles. The number of imidazole rings is 1. The number of allylic oxidation sites excluding steroid dienone is 2. The first-order valence-electron chi connectivity index (χ1n) is 13.5. The van der Waals surface area contributed by atoms with Crippen LogP contribution in [-0.4, -0.2) is 75.3 Å². The molecule has 3 rings (SSSR count). The minimum atomic E-state index is -1.39. The van der Waals surface area contributed by atoms with Crippen LogP contribution in [0.3, 0.4) is 0 Å². The van der Waals surface area contributed by atoms with Crippen molar-refractivity contribution in [1.29, 1.82) is 0 Å². The lowest BCUT2D eigenvalue weighted by atomic mass is 9.81. The van der Waals surface area contributed by atoms with Crippen molar-refractivity contribution in [3.63, 3.8) is 0 Å². The largest absolute Gasteiger partial charge is 0.460 e. The van der Waals surface area contributed by atoms with Gasteiger partial charge in [-0.05, 0) is 31.3 Å². The van der Waals surface area contributed by atoms with E-state index in [1.807, 2.05) is 27.7 Å². The van der Waals surface area contributed by atoms with Crippen LogP contribution in [0.4, 0.5) is 4.39 Å². The molecular formula is C29H41FN4O5. The number of alkyl halides is 1. The Labute approximate surface area is 229 Å². The molecule has 10 heteroatoms. The molecule has 2 aliphatic heterocycles. The summed E-state index contributed by atoms with van der Waals surface area (Å²) in [6.07, 6.45) is 7.49. The van der Waals surface area contributed by atoms with Crippen LogP contribution >= 0.6 is 0 Å². The maximum absolute atomic E-state index is 14.7. The van der Waals surface area contributed by atoms with E-state index in [4.69, 9.17) is 4.74 Å². The Morgan fingerprint density at radius 3 is 2.67 bits per heavy atom. The quantitative estimate of drug-likeness (QED) is 0.430. The van der Waals surface area contributed by atoms with Gasteiger partial charge >= 0.3 is 5.97 Å². The standard InChI is InChI=1S/C29H41FN4O5/c1-18-8-6-12-31-25(36)11-10-19(2)26(29(3,4)5)39-28(38)23-9-7-13-34(23)27(37)22-17-32-24(33-22)16-20(30)15-21(35)14-18/h6,8,10-11,14,17,19-21,23,26,35H,7,9,12-13,15-16H2,1-5H3,(H,31,36)(H,32,33)/b8-6?,11-10+,18-14?. The molecule has 0 radical (unpaired) electrons. The van der Waals surface area contributed by atoms with Gasteiger partial charge in [0.2, 0.25) is 5.91 Å². The number of nitrogens with zero attached hydrogens (tertiary/aromatic N) is 2. The van der Waals surface area contributed by atoms with Crippen molar-refractivity contribution in [2.45, 2.75) is 84.7 Å². The fourth-order valence-electron chi connectivity index (χ4n) is 5.05. The van der Waals surface area contributed by atoms with Crippen LogP contribution in [0.15, 0.2) is 42.2 Å². The van der Waals surface area contributed by atoms with E-state index in [1.165, 1.54) is 17.2 Å². The lowest BCUT2D eigenvalue weighted by Crippen LogP contribution is -2.45. The van der Waals surface area contributed by atoms with Crippen molar-refractivity contribution in [3.8, 4) is 0 Å². The fraction of sp³-hybridized carbons (Fsp3) is 0.586. The molecule has 214 valence electrons. The van der Waals surface area contributed by atoms with Gasteiger partial charge in [-0.15, -0.1) is 0 Å². The van der Waals surface area contributed by atoms with E-state index in [0.717, 1.165) is 5.57 Å². The van der Waals surface area contributed by atoms with E-state index in [2.05, 4.69) is 15.3 Å². The first-order chi connectivity index (χ1) is 18.3. The minimum Gasteiger partial charge on any atom is -0.460 e. The second-order valence-electron chi connectivity index (χ2n) is 11.5. The average Bonchev–Trinajstić information content (AvgIpc) is 3.51. The van der Waals surface area contributed by atoms with Crippen LogP contribution in [0.2, 0.25) is 0 Å². The number of fused-ring (bicyclic) bond motifs is 3. The van der Waals surface area contributed by atoms with Gasteiger partial charge in [-0.3, -0.25) is 9.59 Å². The number of cyclic esters (lactones) is 1. The Morgan fingerprint density at radius 2 is 1.95 bits per heavy atom. The van der Waals surface area contributed by atoms with E-state index in [9.17, 15) is 23.9 Å². The van der Waals surface area contributed by atoms with E-state index < -0.39 is 41.7 Å². The lowest BCUT2D eigenvalue weighted by Gasteiger charge is -2.35. The number of halogens is 1. The maximum Gasteiger partial charge on any atom is 0.329 e. The fourth-order valence-corrected chi connectivity index (χ4v) is 5.05. The van der Waals surface area contributed by atoms with Gasteiger partial charge in [0.05, 0.1) is 12.3 Å². The smallest absolute Gasteiger partial charge is 0.329 e. The lowest BCUT2D eigenvalue weighted by molar-refractivity contribution is -0.162. The number of esters is 1. The summed E-state index contributed by atoms with van der Waals surface area (Å²) in [7, 11) is 0. The van der Waals surface area contributed by atoms with Gasteiger partial charge in [-0.25, -0.2) is 14.2 Å². The Hall–Kier alpha value is -3.27. The number of hydrogen-bond donors (Lipinski definition) is 3. The van der Waals surface area contributed by atoms with Crippen molar-refractivity contribution < 1.29 is 28.6 Å². The average molecular weight is 545 g/mol. The zero-order chi connectivity index (χ0) is 28.7. The minimum absolute atomic E-state index is 0.0945. The van der Waals surface area contributed by atoms with Gasteiger partial charge in [0, 0.05) is 31.8 Å². The number of carbonyl (C=O) groups excluding carboxylic acids is 3. The molecule has 5 unspecified atom stereocenters.